The summed E-state index contributed by atoms with van der Waals surface area (Å²) in [5.41, 5.74) is 3.08. The number of carbonyl (C=O) groups is 1. The second-order valence-electron chi connectivity index (χ2n) is 6.97. The van der Waals surface area contributed by atoms with Crippen molar-refractivity contribution in [1.29, 1.82) is 0 Å². The molecule has 148 valence electrons. The number of hydrogen-bond donors (Lipinski definition) is 1. The smallest absolute Gasteiger partial charge is 0.257 e. The maximum atomic E-state index is 13.4. The minimum atomic E-state index is -0.0674. The number of H-pyrrole nitrogens is 1. The minimum absolute atomic E-state index is 0.0674. The van der Waals surface area contributed by atoms with Gasteiger partial charge in [0.15, 0.2) is 11.5 Å². The van der Waals surface area contributed by atoms with Crippen molar-refractivity contribution in [2.75, 3.05) is 39.5 Å². The number of fused-ring (bicyclic) bond motifs is 2. The Morgan fingerprint density at radius 2 is 1.79 bits per heavy atom. The van der Waals surface area contributed by atoms with Gasteiger partial charge >= 0.3 is 0 Å². The molecule has 0 saturated carbocycles. The van der Waals surface area contributed by atoms with Gasteiger partial charge in [0, 0.05) is 13.1 Å². The quantitative estimate of drug-likeness (QED) is 0.695. The SMILES string of the molecule is O=C(C(=Cc1ccc2c(c1)OCCO2)c1nc2ccccc2[nH]1)N1CCOCC1. The summed E-state index contributed by atoms with van der Waals surface area (Å²) in [4.78, 5) is 23.1. The molecule has 3 heterocycles. The normalized spacial score (nSPS) is 16.8. The molecule has 0 atom stereocenters. The number of para-hydroxylation sites is 2. The Kier molecular flexibility index (Phi) is 4.65. The first-order valence-electron chi connectivity index (χ1n) is 9.71. The Morgan fingerprint density at radius 3 is 2.62 bits per heavy atom. The molecule has 1 fully saturated rings. The van der Waals surface area contributed by atoms with E-state index < -0.39 is 0 Å². The molecule has 1 saturated heterocycles. The van der Waals surface area contributed by atoms with Crippen molar-refractivity contribution in [3.63, 3.8) is 0 Å². The standard InChI is InChI=1S/C22H21N3O4/c26-22(25-7-9-27-10-8-25)16(21-23-17-3-1-2-4-18(17)24-21)13-15-5-6-19-20(14-15)29-12-11-28-19/h1-6,13-14H,7-12H2,(H,23,24). The molecule has 0 unspecified atom stereocenters. The van der Waals surface area contributed by atoms with Crippen molar-refractivity contribution in [3.05, 3.63) is 53.9 Å². The van der Waals surface area contributed by atoms with Gasteiger partial charge in [-0.1, -0.05) is 18.2 Å². The number of nitrogens with zero attached hydrogens (tertiary/aromatic N) is 2. The molecule has 0 aliphatic carbocycles. The van der Waals surface area contributed by atoms with E-state index >= 15 is 0 Å². The van der Waals surface area contributed by atoms with Gasteiger partial charge < -0.3 is 24.1 Å². The van der Waals surface area contributed by atoms with E-state index in [-0.39, 0.29) is 5.91 Å². The van der Waals surface area contributed by atoms with Gasteiger partial charge in [0.25, 0.3) is 5.91 Å². The molecular weight excluding hydrogens is 370 g/mol. The number of rotatable bonds is 3. The van der Waals surface area contributed by atoms with E-state index in [2.05, 4.69) is 9.97 Å². The molecule has 0 bridgehead atoms. The molecule has 2 aliphatic heterocycles. The molecule has 7 nitrogen and oxygen atoms in total. The predicted molar refractivity (Wildman–Crippen MR) is 109 cm³/mol. The Hall–Kier alpha value is -3.32. The zero-order valence-corrected chi connectivity index (χ0v) is 15.9. The Balaban J connectivity index is 1.57. The van der Waals surface area contributed by atoms with Gasteiger partial charge in [-0.3, -0.25) is 4.79 Å². The Bertz CT molecular complexity index is 1050. The number of aromatic nitrogens is 2. The van der Waals surface area contributed by atoms with Crippen molar-refractivity contribution in [3.8, 4) is 11.5 Å². The molecule has 5 rings (SSSR count). The van der Waals surface area contributed by atoms with Gasteiger partial charge in [-0.25, -0.2) is 4.98 Å². The first kappa shape index (κ1) is 17.8. The lowest BCUT2D eigenvalue weighted by Gasteiger charge is -2.27. The Morgan fingerprint density at radius 1 is 1.00 bits per heavy atom. The second kappa shape index (κ2) is 7.60. The van der Waals surface area contributed by atoms with E-state index in [1.54, 1.807) is 4.90 Å². The maximum absolute atomic E-state index is 13.4. The van der Waals surface area contributed by atoms with E-state index in [1.807, 2.05) is 48.5 Å². The number of imidazole rings is 1. The number of morpholine rings is 1. The zero-order valence-electron chi connectivity index (χ0n) is 15.9. The van der Waals surface area contributed by atoms with Crippen molar-refractivity contribution in [2.45, 2.75) is 0 Å². The molecule has 1 N–H and O–H groups in total. The van der Waals surface area contributed by atoms with Crippen LogP contribution in [-0.2, 0) is 9.53 Å². The number of aromatic amines is 1. The van der Waals surface area contributed by atoms with Crippen molar-refractivity contribution in [1.82, 2.24) is 14.9 Å². The first-order chi connectivity index (χ1) is 14.3. The van der Waals surface area contributed by atoms with Crippen LogP contribution in [0.15, 0.2) is 42.5 Å². The molecule has 7 heteroatoms. The fraction of sp³-hybridized carbons (Fsp3) is 0.273. The molecule has 29 heavy (non-hydrogen) atoms. The van der Waals surface area contributed by atoms with E-state index in [9.17, 15) is 4.79 Å². The van der Waals surface area contributed by atoms with Crippen LogP contribution in [0.25, 0.3) is 22.7 Å². The van der Waals surface area contributed by atoms with Crippen LogP contribution in [0, 0.1) is 0 Å². The minimum Gasteiger partial charge on any atom is -0.486 e. The van der Waals surface area contributed by atoms with Gasteiger partial charge in [-0.05, 0) is 35.9 Å². The van der Waals surface area contributed by atoms with Gasteiger partial charge in [0.05, 0.1) is 29.8 Å². The number of nitrogens with one attached hydrogen (secondary N) is 1. The molecule has 3 aromatic rings. The number of amides is 1. The summed E-state index contributed by atoms with van der Waals surface area (Å²) >= 11 is 0. The van der Waals surface area contributed by atoms with Crippen molar-refractivity contribution < 1.29 is 19.0 Å². The summed E-state index contributed by atoms with van der Waals surface area (Å²) in [6.45, 7) is 3.28. The third-order valence-electron chi connectivity index (χ3n) is 5.05. The van der Waals surface area contributed by atoms with Crippen molar-refractivity contribution >= 4 is 28.6 Å². The largest absolute Gasteiger partial charge is 0.486 e. The highest BCUT2D eigenvalue weighted by atomic mass is 16.6. The number of hydrogen-bond acceptors (Lipinski definition) is 5. The van der Waals surface area contributed by atoms with Gasteiger partial charge in [0.2, 0.25) is 0 Å². The van der Waals surface area contributed by atoms with Crippen LogP contribution in [-0.4, -0.2) is 60.3 Å². The summed E-state index contributed by atoms with van der Waals surface area (Å²) in [6.07, 6.45) is 1.85. The summed E-state index contributed by atoms with van der Waals surface area (Å²) in [5, 5.41) is 0. The molecule has 0 radical (unpaired) electrons. The summed E-state index contributed by atoms with van der Waals surface area (Å²) in [7, 11) is 0. The fourth-order valence-electron chi connectivity index (χ4n) is 3.56. The van der Waals surface area contributed by atoms with Gasteiger partial charge in [0.1, 0.15) is 19.0 Å². The first-order valence-corrected chi connectivity index (χ1v) is 9.71. The topological polar surface area (TPSA) is 76.7 Å². The van der Waals surface area contributed by atoms with Crippen LogP contribution in [0.4, 0.5) is 0 Å². The van der Waals surface area contributed by atoms with Gasteiger partial charge in [-0.15, -0.1) is 0 Å². The van der Waals surface area contributed by atoms with Crippen LogP contribution in [0.5, 0.6) is 11.5 Å². The van der Waals surface area contributed by atoms with Crippen LogP contribution in [0.2, 0.25) is 0 Å². The highest BCUT2D eigenvalue weighted by Gasteiger charge is 2.24. The molecule has 0 spiro atoms. The van der Waals surface area contributed by atoms with Crippen LogP contribution in [0.1, 0.15) is 11.4 Å². The number of benzene rings is 2. The lowest BCUT2D eigenvalue weighted by Crippen LogP contribution is -2.41. The van der Waals surface area contributed by atoms with E-state index in [0.29, 0.717) is 56.7 Å². The highest BCUT2D eigenvalue weighted by molar-refractivity contribution is 6.23. The lowest BCUT2D eigenvalue weighted by molar-refractivity contribution is -0.128. The van der Waals surface area contributed by atoms with Crippen LogP contribution < -0.4 is 9.47 Å². The summed E-state index contributed by atoms with van der Waals surface area (Å²) in [5.74, 6) is 1.89. The summed E-state index contributed by atoms with van der Waals surface area (Å²) < 4.78 is 16.7. The average Bonchev–Trinajstić information content (AvgIpc) is 3.21. The maximum Gasteiger partial charge on any atom is 0.257 e. The molecular formula is C22H21N3O4. The third kappa shape index (κ3) is 3.56. The zero-order chi connectivity index (χ0) is 19.6. The molecule has 2 aliphatic rings. The van der Waals surface area contributed by atoms with Gasteiger partial charge in [-0.2, -0.15) is 0 Å². The molecule has 2 aromatic carbocycles. The van der Waals surface area contributed by atoms with E-state index in [0.717, 1.165) is 22.3 Å². The van der Waals surface area contributed by atoms with Crippen LogP contribution in [0.3, 0.4) is 0 Å². The average molecular weight is 391 g/mol. The highest BCUT2D eigenvalue weighted by Crippen LogP contribution is 2.32. The van der Waals surface area contributed by atoms with Crippen molar-refractivity contribution in [2.24, 2.45) is 0 Å². The number of ether oxygens (including phenoxy) is 3. The van der Waals surface area contributed by atoms with Crippen LogP contribution >= 0.6 is 0 Å². The lowest BCUT2D eigenvalue weighted by atomic mass is 10.1. The van der Waals surface area contributed by atoms with E-state index in [4.69, 9.17) is 14.2 Å². The van der Waals surface area contributed by atoms with E-state index in [1.165, 1.54) is 0 Å². The third-order valence-corrected chi connectivity index (χ3v) is 5.05. The second-order valence-corrected chi connectivity index (χ2v) is 6.97. The monoisotopic (exact) mass is 391 g/mol. The fourth-order valence-corrected chi connectivity index (χ4v) is 3.56. The number of carbonyl (C=O) groups excluding carboxylic acids is 1. The molecule has 1 aromatic heterocycles. The summed E-state index contributed by atoms with van der Waals surface area (Å²) in [6, 6.07) is 13.4. The molecule has 1 amide bonds. The predicted octanol–water partition coefficient (Wildman–Crippen LogP) is 2.73. The Labute approximate surface area is 167 Å².